The van der Waals surface area contributed by atoms with Gasteiger partial charge in [-0.2, -0.15) is 0 Å². The second kappa shape index (κ2) is 8.47. The fourth-order valence-corrected chi connectivity index (χ4v) is 4.49. The van der Waals surface area contributed by atoms with E-state index >= 15 is 0 Å². The van der Waals surface area contributed by atoms with E-state index in [-0.39, 0.29) is 5.56 Å². The monoisotopic (exact) mass is 489 g/mol. The molecule has 0 saturated heterocycles. The molecule has 0 atom stereocenters. The van der Waals surface area contributed by atoms with Crippen molar-refractivity contribution in [2.24, 2.45) is 0 Å². The van der Waals surface area contributed by atoms with Gasteiger partial charge in [0.1, 0.15) is 16.7 Å². The summed E-state index contributed by atoms with van der Waals surface area (Å²) in [4.78, 5) is 28.4. The lowest BCUT2D eigenvalue weighted by Crippen LogP contribution is -2.24. The molecule has 0 aliphatic heterocycles. The highest BCUT2D eigenvalue weighted by Crippen LogP contribution is 2.29. The molecule has 5 rings (SSSR count). The fraction of sp³-hybridized carbons (Fsp3) is 0.280. The van der Waals surface area contributed by atoms with E-state index in [1.54, 1.807) is 4.57 Å². The number of hydrogen-bond donors (Lipinski definition) is 0. The average Bonchev–Trinajstić information content (AvgIpc) is 3.10. The molecule has 2 aromatic carbocycles. The average molecular weight is 490 g/mol. The Morgan fingerprint density at radius 2 is 1.59 bits per heavy atom. The second-order valence-electron chi connectivity index (χ2n) is 8.07. The minimum absolute atomic E-state index is 0.0468. The molecule has 3 heterocycles. The smallest absolute Gasteiger partial charge is 0.265 e. The van der Waals surface area contributed by atoms with E-state index < -0.39 is 0 Å². The van der Waals surface area contributed by atoms with Gasteiger partial charge >= 0.3 is 0 Å². The molecule has 3 aromatic heterocycles. The minimum atomic E-state index is -0.0468. The first-order chi connectivity index (χ1) is 15.6. The molecule has 0 saturated carbocycles. The van der Waals surface area contributed by atoms with Crippen molar-refractivity contribution in [3.05, 3.63) is 69.2 Å². The van der Waals surface area contributed by atoms with E-state index in [1.807, 2.05) is 60.0 Å². The first-order valence-corrected chi connectivity index (χ1v) is 11.8. The van der Waals surface area contributed by atoms with Crippen molar-refractivity contribution in [1.82, 2.24) is 24.1 Å². The molecule has 7 heteroatoms. The quantitative estimate of drug-likeness (QED) is 0.277. The number of unbranched alkanes of at least 4 members (excludes halogenated alkanes) is 3. The number of aromatic nitrogens is 5. The van der Waals surface area contributed by atoms with Gasteiger partial charge in [0, 0.05) is 16.7 Å². The standard InChI is InChI=1S/C25H24BrN5O/c1-3-4-5-8-15-30-16(2)27-23-21(25(30)32)22-24(29-20-10-7-6-9-19(20)28-22)31(23)18-13-11-17(26)12-14-18/h6-7,9-14H,3-5,8,15H2,1-2H3. The van der Waals surface area contributed by atoms with E-state index in [0.717, 1.165) is 40.5 Å². The molecule has 0 unspecified atom stereocenters. The van der Waals surface area contributed by atoms with Crippen LogP contribution in [0, 0.1) is 6.92 Å². The highest BCUT2D eigenvalue weighted by molar-refractivity contribution is 9.10. The Morgan fingerprint density at radius 1 is 0.875 bits per heavy atom. The van der Waals surface area contributed by atoms with Crippen LogP contribution in [0.15, 0.2) is 57.8 Å². The normalized spacial score (nSPS) is 11.7. The number of para-hydroxylation sites is 2. The molecule has 0 bridgehead atoms. The molecule has 5 aromatic rings. The van der Waals surface area contributed by atoms with Crippen molar-refractivity contribution in [3.8, 4) is 5.69 Å². The molecule has 162 valence electrons. The van der Waals surface area contributed by atoms with Crippen LogP contribution < -0.4 is 5.56 Å². The number of hydrogen-bond acceptors (Lipinski definition) is 4. The highest BCUT2D eigenvalue weighted by Gasteiger charge is 2.22. The lowest BCUT2D eigenvalue weighted by Gasteiger charge is -2.11. The van der Waals surface area contributed by atoms with Gasteiger partial charge in [0.05, 0.1) is 11.0 Å². The summed E-state index contributed by atoms with van der Waals surface area (Å²) in [5.41, 5.74) is 4.25. The molecule has 0 radical (unpaired) electrons. The molecule has 0 N–H and O–H groups in total. The van der Waals surface area contributed by atoms with Crippen molar-refractivity contribution < 1.29 is 0 Å². The third kappa shape index (κ3) is 3.50. The summed E-state index contributed by atoms with van der Waals surface area (Å²) in [6.45, 7) is 4.76. The van der Waals surface area contributed by atoms with Crippen molar-refractivity contribution in [1.29, 1.82) is 0 Å². The summed E-state index contributed by atoms with van der Waals surface area (Å²) in [6, 6.07) is 15.7. The van der Waals surface area contributed by atoms with Gasteiger partial charge in [-0.25, -0.2) is 15.0 Å². The fourth-order valence-electron chi connectivity index (χ4n) is 4.23. The molecule has 0 aliphatic carbocycles. The molecule has 0 spiro atoms. The number of fused-ring (bicyclic) bond motifs is 4. The van der Waals surface area contributed by atoms with Crippen molar-refractivity contribution >= 4 is 49.2 Å². The Kier molecular flexibility index (Phi) is 5.51. The molecular formula is C25H24BrN5O. The molecule has 0 fully saturated rings. The topological polar surface area (TPSA) is 65.6 Å². The Hall–Kier alpha value is -3.06. The van der Waals surface area contributed by atoms with Crippen LogP contribution >= 0.6 is 15.9 Å². The largest absolute Gasteiger partial charge is 0.296 e. The molecule has 32 heavy (non-hydrogen) atoms. The van der Waals surface area contributed by atoms with E-state index in [4.69, 9.17) is 15.0 Å². The van der Waals surface area contributed by atoms with Crippen LogP contribution in [-0.2, 0) is 6.54 Å². The maximum Gasteiger partial charge on any atom is 0.265 e. The number of aryl methyl sites for hydroxylation is 1. The second-order valence-corrected chi connectivity index (χ2v) is 8.99. The van der Waals surface area contributed by atoms with Crippen molar-refractivity contribution in [2.75, 3.05) is 0 Å². The summed E-state index contributed by atoms with van der Waals surface area (Å²) < 4.78 is 4.73. The van der Waals surface area contributed by atoms with E-state index in [1.165, 1.54) is 6.42 Å². The Bertz CT molecular complexity index is 1500. The zero-order valence-corrected chi connectivity index (χ0v) is 19.8. The van der Waals surface area contributed by atoms with Gasteiger partial charge in [-0.1, -0.05) is 54.2 Å². The van der Waals surface area contributed by atoms with Gasteiger partial charge in [0.15, 0.2) is 11.3 Å². The van der Waals surface area contributed by atoms with Crippen LogP contribution in [0.5, 0.6) is 0 Å². The maximum atomic E-state index is 13.7. The van der Waals surface area contributed by atoms with E-state index in [0.29, 0.717) is 34.6 Å². The Balaban J connectivity index is 1.83. The maximum absolute atomic E-state index is 13.7. The van der Waals surface area contributed by atoms with Crippen molar-refractivity contribution in [2.45, 2.75) is 46.1 Å². The summed E-state index contributed by atoms with van der Waals surface area (Å²) >= 11 is 3.50. The predicted octanol–water partition coefficient (Wildman–Crippen LogP) is 5.93. The van der Waals surface area contributed by atoms with Gasteiger partial charge in [-0.05, 0) is 49.7 Å². The molecule has 0 aliphatic rings. The first kappa shape index (κ1) is 20.8. The number of nitrogens with zero attached hydrogens (tertiary/aromatic N) is 5. The van der Waals surface area contributed by atoms with Gasteiger partial charge < -0.3 is 0 Å². The lowest BCUT2D eigenvalue weighted by atomic mass is 10.2. The Labute approximate surface area is 194 Å². The zero-order chi connectivity index (χ0) is 22.2. The number of rotatable bonds is 6. The summed E-state index contributed by atoms with van der Waals surface area (Å²) in [5.74, 6) is 0.713. The summed E-state index contributed by atoms with van der Waals surface area (Å²) in [5, 5.41) is 0.530. The third-order valence-electron chi connectivity index (χ3n) is 5.87. The van der Waals surface area contributed by atoms with Crippen LogP contribution in [0.1, 0.15) is 38.4 Å². The van der Waals surface area contributed by atoms with Crippen LogP contribution in [0.4, 0.5) is 0 Å². The van der Waals surface area contributed by atoms with Gasteiger partial charge in [0.2, 0.25) is 0 Å². The van der Waals surface area contributed by atoms with Crippen molar-refractivity contribution in [3.63, 3.8) is 0 Å². The Morgan fingerprint density at radius 3 is 2.31 bits per heavy atom. The third-order valence-corrected chi connectivity index (χ3v) is 6.40. The van der Waals surface area contributed by atoms with Gasteiger partial charge in [-0.3, -0.25) is 13.9 Å². The predicted molar refractivity (Wildman–Crippen MR) is 133 cm³/mol. The SMILES string of the molecule is CCCCCCn1c(C)nc2c(c1=O)c1nc3ccccc3nc1n2-c1ccc(Br)cc1. The van der Waals surface area contributed by atoms with Crippen LogP contribution in [-0.4, -0.2) is 24.1 Å². The zero-order valence-electron chi connectivity index (χ0n) is 18.2. The van der Waals surface area contributed by atoms with Gasteiger partial charge in [0.25, 0.3) is 5.56 Å². The first-order valence-electron chi connectivity index (χ1n) is 11.0. The van der Waals surface area contributed by atoms with E-state index in [2.05, 4.69) is 22.9 Å². The minimum Gasteiger partial charge on any atom is -0.296 e. The molecular weight excluding hydrogens is 466 g/mol. The van der Waals surface area contributed by atoms with Crippen LogP contribution in [0.3, 0.4) is 0 Å². The lowest BCUT2D eigenvalue weighted by molar-refractivity contribution is 0.556. The van der Waals surface area contributed by atoms with Crippen LogP contribution in [0.25, 0.3) is 38.9 Å². The summed E-state index contributed by atoms with van der Waals surface area (Å²) in [7, 11) is 0. The molecule has 6 nitrogen and oxygen atoms in total. The highest BCUT2D eigenvalue weighted by atomic mass is 79.9. The molecule has 0 amide bonds. The number of benzene rings is 2. The number of halogens is 1. The van der Waals surface area contributed by atoms with Gasteiger partial charge in [-0.15, -0.1) is 0 Å². The summed E-state index contributed by atoms with van der Waals surface area (Å²) in [6.07, 6.45) is 4.39. The van der Waals surface area contributed by atoms with E-state index in [9.17, 15) is 4.79 Å². The van der Waals surface area contributed by atoms with Crippen LogP contribution in [0.2, 0.25) is 0 Å².